The van der Waals surface area contributed by atoms with Gasteiger partial charge in [-0.3, -0.25) is 0 Å². The van der Waals surface area contributed by atoms with Crippen molar-refractivity contribution in [2.45, 2.75) is 49.0 Å². The Morgan fingerprint density at radius 1 is 1.23 bits per heavy atom. The molecule has 35 heavy (non-hydrogen) atoms. The van der Waals surface area contributed by atoms with Crippen LogP contribution in [0.3, 0.4) is 0 Å². The van der Waals surface area contributed by atoms with Gasteiger partial charge in [0.15, 0.2) is 33.6 Å². The van der Waals surface area contributed by atoms with E-state index in [9.17, 15) is 4.55 Å². The van der Waals surface area contributed by atoms with E-state index < -0.39 is 11.4 Å². The van der Waals surface area contributed by atoms with Crippen molar-refractivity contribution in [2.75, 3.05) is 19.1 Å². The number of nitrogens with two attached hydrogens (primary N) is 1. The van der Waals surface area contributed by atoms with Gasteiger partial charge < -0.3 is 28.7 Å². The van der Waals surface area contributed by atoms with Crippen LogP contribution >= 0.6 is 11.8 Å². The number of nitrogens with zero attached hydrogens (tertiary/aromatic N) is 4. The van der Waals surface area contributed by atoms with Crippen molar-refractivity contribution in [3.05, 3.63) is 36.4 Å². The van der Waals surface area contributed by atoms with E-state index >= 15 is 0 Å². The first kappa shape index (κ1) is 23.8. The third-order valence-electron chi connectivity index (χ3n) is 5.44. The molecule has 3 N–H and O–H groups in total. The summed E-state index contributed by atoms with van der Waals surface area (Å²) in [5, 5.41) is 0.762. The third-order valence-corrected chi connectivity index (χ3v) is 7.83. The zero-order chi connectivity index (χ0) is 24.5. The second-order valence-corrected chi connectivity index (χ2v) is 11.1. The zero-order valence-corrected chi connectivity index (χ0v) is 21.2. The molecule has 0 spiro atoms. The van der Waals surface area contributed by atoms with Gasteiger partial charge in [-0.15, -0.1) is 4.72 Å². The Balaban J connectivity index is 1.49. The Hall–Kier alpha value is -2.93. The van der Waals surface area contributed by atoms with Gasteiger partial charge >= 0.3 is 0 Å². The standard InChI is InChI=1S/C23H26N6O4S2/c1-13(2)35(30)27-7-4-8-29-22-20(21(24)25-11-26-22)28-23(29)34-19-10-18-17(31-12-32-18)9-15(19)16-6-5-14(3)33-16/h5-6,9-11,13,27H,4,7-8,12H2,1-3H3,(H2,24,25,26). The van der Waals surface area contributed by atoms with E-state index in [4.69, 9.17) is 24.6 Å². The molecule has 0 saturated carbocycles. The summed E-state index contributed by atoms with van der Waals surface area (Å²) in [6.45, 7) is 7.13. The molecule has 0 radical (unpaired) electrons. The highest BCUT2D eigenvalue weighted by Gasteiger charge is 2.23. The van der Waals surface area contributed by atoms with Gasteiger partial charge in [-0.05, 0) is 51.5 Å². The van der Waals surface area contributed by atoms with E-state index in [1.54, 1.807) is 0 Å². The molecule has 10 nitrogen and oxygen atoms in total. The molecule has 3 aromatic heterocycles. The van der Waals surface area contributed by atoms with E-state index in [0.29, 0.717) is 46.7 Å². The van der Waals surface area contributed by atoms with Crippen molar-refractivity contribution in [1.82, 2.24) is 24.2 Å². The van der Waals surface area contributed by atoms with E-state index in [-0.39, 0.29) is 12.0 Å². The Morgan fingerprint density at radius 3 is 2.77 bits per heavy atom. The fourth-order valence-electron chi connectivity index (χ4n) is 3.67. The molecule has 0 bridgehead atoms. The summed E-state index contributed by atoms with van der Waals surface area (Å²) in [6.07, 6.45) is 2.17. The maximum atomic E-state index is 12.0. The second-order valence-electron chi connectivity index (χ2n) is 8.29. The number of rotatable bonds is 9. The number of hydrogen-bond donors (Lipinski definition) is 2. The first-order chi connectivity index (χ1) is 16.9. The molecular weight excluding hydrogens is 488 g/mol. The van der Waals surface area contributed by atoms with Gasteiger partial charge in [0.05, 0.1) is 0 Å². The second kappa shape index (κ2) is 9.97. The largest absolute Gasteiger partial charge is 0.598 e. The zero-order valence-electron chi connectivity index (χ0n) is 19.6. The lowest BCUT2D eigenvalue weighted by Gasteiger charge is -2.15. The van der Waals surface area contributed by atoms with Gasteiger partial charge in [-0.25, -0.2) is 15.0 Å². The molecule has 1 aliphatic rings. The van der Waals surface area contributed by atoms with Crippen LogP contribution in [0.15, 0.2) is 45.1 Å². The third kappa shape index (κ3) is 4.92. The van der Waals surface area contributed by atoms with Crippen molar-refractivity contribution >= 4 is 40.1 Å². The van der Waals surface area contributed by atoms with Crippen LogP contribution in [-0.2, 0) is 17.9 Å². The predicted molar refractivity (Wildman–Crippen MR) is 135 cm³/mol. The summed E-state index contributed by atoms with van der Waals surface area (Å²) < 4.78 is 34.3. The van der Waals surface area contributed by atoms with Crippen LogP contribution in [0.5, 0.6) is 11.5 Å². The Kier molecular flexibility index (Phi) is 6.78. The van der Waals surface area contributed by atoms with Crippen LogP contribution in [0.2, 0.25) is 0 Å². The summed E-state index contributed by atoms with van der Waals surface area (Å²) in [6, 6.07) is 7.72. The lowest BCUT2D eigenvalue weighted by molar-refractivity contribution is 0.174. The number of nitrogens with one attached hydrogen (secondary N) is 1. The summed E-state index contributed by atoms with van der Waals surface area (Å²) in [4.78, 5) is 14.2. The van der Waals surface area contributed by atoms with Crippen molar-refractivity contribution < 1.29 is 18.4 Å². The number of furan rings is 1. The van der Waals surface area contributed by atoms with Gasteiger partial charge in [0.2, 0.25) is 6.79 Å². The molecule has 1 unspecified atom stereocenters. The lowest BCUT2D eigenvalue weighted by atomic mass is 10.1. The number of aromatic nitrogens is 4. The molecule has 1 atom stereocenters. The van der Waals surface area contributed by atoms with Crippen LogP contribution in [0, 0.1) is 6.92 Å². The lowest BCUT2D eigenvalue weighted by Crippen LogP contribution is -2.31. The van der Waals surface area contributed by atoms with Gasteiger partial charge in [-0.1, -0.05) is 11.8 Å². The normalized spacial score (nSPS) is 13.7. The summed E-state index contributed by atoms with van der Waals surface area (Å²) in [5.41, 5.74) is 8.19. The number of hydrogen-bond acceptors (Lipinski definition) is 10. The van der Waals surface area contributed by atoms with Crippen LogP contribution < -0.4 is 19.9 Å². The quantitative estimate of drug-likeness (QED) is 0.250. The summed E-state index contributed by atoms with van der Waals surface area (Å²) in [5.74, 6) is 3.20. The van der Waals surface area contributed by atoms with E-state index in [0.717, 1.165) is 28.4 Å². The van der Waals surface area contributed by atoms with Crippen molar-refractivity contribution in [3.8, 4) is 22.8 Å². The minimum Gasteiger partial charge on any atom is -0.598 e. The highest BCUT2D eigenvalue weighted by atomic mass is 32.2. The monoisotopic (exact) mass is 514 g/mol. The molecule has 0 saturated heterocycles. The average Bonchev–Trinajstić information content (AvgIpc) is 3.55. The van der Waals surface area contributed by atoms with Gasteiger partial charge in [0, 0.05) is 34.9 Å². The van der Waals surface area contributed by atoms with Crippen LogP contribution in [0.25, 0.3) is 22.5 Å². The average molecular weight is 515 g/mol. The highest BCUT2D eigenvalue weighted by Crippen LogP contribution is 2.45. The fourth-order valence-corrected chi connectivity index (χ4v) is 5.40. The molecule has 184 valence electrons. The first-order valence-corrected chi connectivity index (χ1v) is 13.2. The SMILES string of the molecule is Cc1ccc(-c2cc3c(cc2Sc2nc4c(N)ncnc4n2CCCN[S+]([O-])C(C)C)OCO3)o1. The number of ether oxygens (including phenoxy) is 2. The van der Waals surface area contributed by atoms with Gasteiger partial charge in [0.25, 0.3) is 0 Å². The molecule has 1 aliphatic heterocycles. The summed E-state index contributed by atoms with van der Waals surface area (Å²) in [7, 11) is 0. The number of benzene rings is 1. The van der Waals surface area contributed by atoms with E-state index in [1.165, 1.54) is 18.1 Å². The van der Waals surface area contributed by atoms with Crippen molar-refractivity contribution in [1.29, 1.82) is 0 Å². The number of aryl methyl sites for hydroxylation is 2. The molecule has 5 rings (SSSR count). The number of fused-ring (bicyclic) bond motifs is 2. The Bertz CT molecular complexity index is 1360. The van der Waals surface area contributed by atoms with Crippen LogP contribution in [-0.4, -0.2) is 42.7 Å². The first-order valence-electron chi connectivity index (χ1n) is 11.2. The Morgan fingerprint density at radius 2 is 2.03 bits per heavy atom. The maximum absolute atomic E-state index is 12.0. The van der Waals surface area contributed by atoms with E-state index in [2.05, 4.69) is 14.7 Å². The summed E-state index contributed by atoms with van der Waals surface area (Å²) >= 11 is 0.395. The molecule has 12 heteroatoms. The minimum atomic E-state index is -1.07. The van der Waals surface area contributed by atoms with Gasteiger partial charge in [-0.2, -0.15) is 0 Å². The predicted octanol–water partition coefficient (Wildman–Crippen LogP) is 3.91. The molecule has 0 amide bonds. The van der Waals surface area contributed by atoms with E-state index in [1.807, 2.05) is 49.6 Å². The molecule has 4 aromatic rings. The maximum Gasteiger partial charge on any atom is 0.231 e. The van der Waals surface area contributed by atoms with Crippen molar-refractivity contribution in [3.63, 3.8) is 0 Å². The molecule has 4 heterocycles. The fraction of sp³-hybridized carbons (Fsp3) is 0.348. The van der Waals surface area contributed by atoms with Crippen molar-refractivity contribution in [2.24, 2.45) is 0 Å². The number of anilines is 1. The topological polar surface area (TPSA) is 136 Å². The smallest absolute Gasteiger partial charge is 0.231 e. The van der Waals surface area contributed by atoms with Crippen LogP contribution in [0.4, 0.5) is 5.82 Å². The Labute approximate surface area is 209 Å². The molecule has 1 aromatic carbocycles. The number of imidazole rings is 1. The van der Waals surface area contributed by atoms with Crippen LogP contribution in [0.1, 0.15) is 26.0 Å². The number of nitrogen functional groups attached to an aromatic ring is 1. The van der Waals surface area contributed by atoms with Gasteiger partial charge in [0.1, 0.15) is 23.1 Å². The molecule has 0 fully saturated rings. The highest BCUT2D eigenvalue weighted by molar-refractivity contribution is 7.99. The molecular formula is C23H26N6O4S2. The minimum absolute atomic E-state index is 0.0531. The molecule has 0 aliphatic carbocycles.